The van der Waals surface area contributed by atoms with Crippen molar-refractivity contribution in [1.29, 1.82) is 0 Å². The van der Waals surface area contributed by atoms with Gasteiger partial charge in [-0.3, -0.25) is 0 Å². The number of benzene rings is 2. The van der Waals surface area contributed by atoms with E-state index in [1.54, 1.807) is 0 Å². The van der Waals surface area contributed by atoms with E-state index in [1.165, 1.54) is 10.8 Å². The van der Waals surface area contributed by atoms with E-state index in [2.05, 4.69) is 36.1 Å². The van der Waals surface area contributed by atoms with Gasteiger partial charge in [-0.1, -0.05) is 42.2 Å². The average molecular weight is 208 g/mol. The van der Waals surface area contributed by atoms with Crippen molar-refractivity contribution < 1.29 is 4.79 Å². The summed E-state index contributed by atoms with van der Waals surface area (Å²) >= 11 is 0. The third-order valence-electron chi connectivity index (χ3n) is 2.37. The van der Waals surface area contributed by atoms with Gasteiger partial charge in [0.15, 0.2) is 0 Å². The quantitative estimate of drug-likeness (QED) is 0.421. The summed E-state index contributed by atoms with van der Waals surface area (Å²) in [4.78, 5) is 10.1. The Kier molecular flexibility index (Phi) is 3.35. The summed E-state index contributed by atoms with van der Waals surface area (Å²) in [5.74, 6) is 6.05. The summed E-state index contributed by atoms with van der Waals surface area (Å²) in [6.07, 6.45) is 2.05. The first-order valence-corrected chi connectivity index (χ1v) is 5.31. The summed E-state index contributed by atoms with van der Waals surface area (Å²) in [7, 11) is 0. The standard InChI is InChI=1S/C15H12O/c16-11-5-1-2-6-13-9-10-14-7-3-4-8-15(14)12-13/h3-4,7-12H,1,5H2. The number of unbranched alkanes of at least 4 members (excludes halogenated alkanes) is 1. The van der Waals surface area contributed by atoms with Crippen LogP contribution >= 0.6 is 0 Å². The maximum atomic E-state index is 10.1. The van der Waals surface area contributed by atoms with Crippen LogP contribution in [0.4, 0.5) is 0 Å². The molecule has 0 aliphatic carbocycles. The summed E-state index contributed by atoms with van der Waals surface area (Å²) in [6.45, 7) is 0. The molecule has 0 aliphatic heterocycles. The van der Waals surface area contributed by atoms with Crippen LogP contribution in [0.5, 0.6) is 0 Å². The van der Waals surface area contributed by atoms with Crippen LogP contribution < -0.4 is 0 Å². The van der Waals surface area contributed by atoms with Gasteiger partial charge in [-0.25, -0.2) is 0 Å². The zero-order chi connectivity index (χ0) is 11.2. The number of hydrogen-bond donors (Lipinski definition) is 0. The normalized spacial score (nSPS) is 9.50. The third-order valence-corrected chi connectivity index (χ3v) is 2.37. The second-order valence-electron chi connectivity index (χ2n) is 3.57. The van der Waals surface area contributed by atoms with E-state index >= 15 is 0 Å². The van der Waals surface area contributed by atoms with Crippen molar-refractivity contribution in [2.75, 3.05) is 0 Å². The lowest BCUT2D eigenvalue weighted by Crippen LogP contribution is -1.77. The molecule has 0 spiro atoms. The first-order valence-electron chi connectivity index (χ1n) is 5.31. The minimum absolute atomic E-state index is 0.514. The number of carbonyl (C=O) groups is 1. The largest absolute Gasteiger partial charge is 0.303 e. The minimum atomic E-state index is 0.514. The maximum Gasteiger partial charge on any atom is 0.120 e. The highest BCUT2D eigenvalue weighted by Crippen LogP contribution is 2.14. The van der Waals surface area contributed by atoms with E-state index in [9.17, 15) is 4.79 Å². The highest BCUT2D eigenvalue weighted by molar-refractivity contribution is 5.83. The summed E-state index contributed by atoms with van der Waals surface area (Å²) in [5.41, 5.74) is 1.00. The summed E-state index contributed by atoms with van der Waals surface area (Å²) in [6, 6.07) is 14.4. The van der Waals surface area contributed by atoms with E-state index in [4.69, 9.17) is 0 Å². The lowest BCUT2D eigenvalue weighted by atomic mass is 10.1. The fourth-order valence-corrected chi connectivity index (χ4v) is 1.56. The predicted molar refractivity (Wildman–Crippen MR) is 66.1 cm³/mol. The highest BCUT2D eigenvalue weighted by atomic mass is 16.1. The van der Waals surface area contributed by atoms with Crippen molar-refractivity contribution in [3.05, 3.63) is 48.0 Å². The second kappa shape index (κ2) is 5.14. The fourth-order valence-electron chi connectivity index (χ4n) is 1.56. The number of rotatable bonds is 2. The Morgan fingerprint density at radius 1 is 1.06 bits per heavy atom. The van der Waals surface area contributed by atoms with Gasteiger partial charge in [0.2, 0.25) is 0 Å². The summed E-state index contributed by atoms with van der Waals surface area (Å²) in [5, 5.41) is 2.42. The Bertz CT molecular complexity index is 558. The monoisotopic (exact) mass is 208 g/mol. The van der Waals surface area contributed by atoms with Gasteiger partial charge in [0, 0.05) is 18.4 Å². The van der Waals surface area contributed by atoms with Gasteiger partial charge in [0.1, 0.15) is 6.29 Å². The van der Waals surface area contributed by atoms with Crippen LogP contribution in [0.3, 0.4) is 0 Å². The molecule has 2 rings (SSSR count). The third kappa shape index (κ3) is 2.49. The van der Waals surface area contributed by atoms with Gasteiger partial charge in [-0.2, -0.15) is 0 Å². The van der Waals surface area contributed by atoms with Crippen molar-refractivity contribution in [3.8, 4) is 11.8 Å². The van der Waals surface area contributed by atoms with Gasteiger partial charge in [0.25, 0.3) is 0 Å². The van der Waals surface area contributed by atoms with Crippen LogP contribution in [0.15, 0.2) is 42.5 Å². The van der Waals surface area contributed by atoms with Crippen molar-refractivity contribution in [2.24, 2.45) is 0 Å². The first kappa shape index (κ1) is 10.4. The number of hydrogen-bond acceptors (Lipinski definition) is 1. The fraction of sp³-hybridized carbons (Fsp3) is 0.133. The van der Waals surface area contributed by atoms with Gasteiger partial charge in [-0.15, -0.1) is 0 Å². The molecule has 0 aliphatic rings. The molecule has 2 aromatic carbocycles. The topological polar surface area (TPSA) is 17.1 Å². The van der Waals surface area contributed by atoms with E-state index in [1.807, 2.05) is 18.2 Å². The van der Waals surface area contributed by atoms with E-state index in [0.29, 0.717) is 12.8 Å². The van der Waals surface area contributed by atoms with Crippen LogP contribution in [0, 0.1) is 11.8 Å². The molecule has 1 heteroatoms. The number of fused-ring (bicyclic) bond motifs is 1. The van der Waals surface area contributed by atoms with Crippen LogP contribution in [-0.2, 0) is 4.79 Å². The SMILES string of the molecule is O=CCCC#Cc1ccc2ccccc2c1. The van der Waals surface area contributed by atoms with E-state index in [-0.39, 0.29) is 0 Å². The molecular weight excluding hydrogens is 196 g/mol. The molecule has 0 saturated heterocycles. The van der Waals surface area contributed by atoms with Crippen molar-refractivity contribution in [3.63, 3.8) is 0 Å². The molecule has 1 nitrogen and oxygen atoms in total. The Hall–Kier alpha value is -2.07. The molecule has 0 heterocycles. The molecule has 0 radical (unpaired) electrons. The van der Waals surface area contributed by atoms with Gasteiger partial charge in [-0.05, 0) is 22.9 Å². The molecule has 16 heavy (non-hydrogen) atoms. The zero-order valence-corrected chi connectivity index (χ0v) is 8.94. The molecular formula is C15H12O. The molecule has 0 N–H and O–H groups in total. The lowest BCUT2D eigenvalue weighted by Gasteiger charge is -1.97. The highest BCUT2D eigenvalue weighted by Gasteiger charge is 1.92. The van der Waals surface area contributed by atoms with Crippen LogP contribution in [0.25, 0.3) is 10.8 Å². The molecule has 0 aromatic heterocycles. The molecule has 0 fully saturated rings. The number of aldehydes is 1. The van der Waals surface area contributed by atoms with Gasteiger partial charge < -0.3 is 4.79 Å². The van der Waals surface area contributed by atoms with Crippen molar-refractivity contribution >= 4 is 17.1 Å². The molecule has 0 unspecified atom stereocenters. The predicted octanol–water partition coefficient (Wildman–Crippen LogP) is 3.17. The van der Waals surface area contributed by atoms with Crippen LogP contribution in [-0.4, -0.2) is 6.29 Å². The molecule has 0 bridgehead atoms. The molecule has 0 amide bonds. The molecule has 0 atom stereocenters. The Labute approximate surface area is 95.1 Å². The molecule has 2 aromatic rings. The maximum absolute atomic E-state index is 10.1. The smallest absolute Gasteiger partial charge is 0.120 e. The summed E-state index contributed by atoms with van der Waals surface area (Å²) < 4.78 is 0. The van der Waals surface area contributed by atoms with Crippen molar-refractivity contribution in [2.45, 2.75) is 12.8 Å². The van der Waals surface area contributed by atoms with Crippen LogP contribution in [0.1, 0.15) is 18.4 Å². The van der Waals surface area contributed by atoms with E-state index in [0.717, 1.165) is 11.8 Å². The van der Waals surface area contributed by atoms with Crippen molar-refractivity contribution in [1.82, 2.24) is 0 Å². The number of carbonyl (C=O) groups excluding carboxylic acids is 1. The minimum Gasteiger partial charge on any atom is -0.303 e. The van der Waals surface area contributed by atoms with Crippen LogP contribution in [0.2, 0.25) is 0 Å². The average Bonchev–Trinajstić information content (AvgIpc) is 2.34. The van der Waals surface area contributed by atoms with Gasteiger partial charge >= 0.3 is 0 Å². The van der Waals surface area contributed by atoms with E-state index < -0.39 is 0 Å². The molecule has 78 valence electrons. The zero-order valence-electron chi connectivity index (χ0n) is 8.94. The second-order valence-corrected chi connectivity index (χ2v) is 3.57. The first-order chi connectivity index (χ1) is 7.90. The lowest BCUT2D eigenvalue weighted by molar-refractivity contribution is -0.107. The molecule has 0 saturated carbocycles. The Balaban J connectivity index is 2.24. The van der Waals surface area contributed by atoms with Gasteiger partial charge in [0.05, 0.1) is 0 Å². The Morgan fingerprint density at radius 2 is 1.88 bits per heavy atom. The Morgan fingerprint density at radius 3 is 2.69 bits per heavy atom.